The van der Waals surface area contributed by atoms with Crippen LogP contribution in [0.1, 0.15) is 343 Å². The van der Waals surface area contributed by atoms with Gasteiger partial charge < -0.3 is 34.6 Å². The van der Waals surface area contributed by atoms with Gasteiger partial charge in [-0.25, -0.2) is 0 Å². The molecule has 690 valence electrons. The van der Waals surface area contributed by atoms with E-state index in [1.165, 1.54) is 119 Å². The van der Waals surface area contributed by atoms with Crippen LogP contribution in [-0.4, -0.2) is 86.4 Å². The summed E-state index contributed by atoms with van der Waals surface area (Å²) in [6.07, 6.45) is 56.1. The van der Waals surface area contributed by atoms with Crippen molar-refractivity contribution in [3.05, 3.63) is 93.7 Å². The van der Waals surface area contributed by atoms with Gasteiger partial charge in [-0.1, -0.05) is 180 Å². The summed E-state index contributed by atoms with van der Waals surface area (Å²) in [4.78, 5) is 81.2. The van der Waals surface area contributed by atoms with Crippen LogP contribution in [0.2, 0.25) is 0 Å². The van der Waals surface area contributed by atoms with Gasteiger partial charge in [0.25, 0.3) is 0 Å². The summed E-state index contributed by atoms with van der Waals surface area (Å²) < 4.78 is 42.3. The molecule has 18 heteroatoms. The van der Waals surface area contributed by atoms with Crippen LogP contribution >= 0.6 is 0 Å². The summed E-state index contributed by atoms with van der Waals surface area (Å²) in [5.41, 5.74) is 12.2. The van der Waals surface area contributed by atoms with Crippen LogP contribution in [-0.2, 0) is 73.1 Å². The van der Waals surface area contributed by atoms with Gasteiger partial charge in [0.1, 0.15) is 18.3 Å². The second-order valence-electron chi connectivity index (χ2n) is 45.3. The Labute approximate surface area is 747 Å². The number of rotatable bonds is 19. The average molecular weight is 1760 g/mol. The monoisotopic (exact) mass is 1760 g/mol. The van der Waals surface area contributed by atoms with Crippen molar-refractivity contribution < 1.29 is 93.6 Å². The number of fused-ring (bicyclic) bond motifs is 20. The Morgan fingerprint density at radius 3 is 1.52 bits per heavy atom. The Morgan fingerprint density at radius 1 is 0.468 bits per heavy atom. The first-order chi connectivity index (χ1) is 58.3. The number of carboxylic acids is 3. The van der Waals surface area contributed by atoms with Crippen molar-refractivity contribution in [3.63, 3.8) is 0 Å². The fourth-order valence-corrected chi connectivity index (χ4v) is 31.3. The van der Waals surface area contributed by atoms with E-state index in [4.69, 9.17) is 40.9 Å². The third-order valence-electron chi connectivity index (χ3n) is 38.5. The molecule has 124 heavy (non-hydrogen) atoms. The van der Waals surface area contributed by atoms with E-state index in [2.05, 4.69) is 152 Å². The van der Waals surface area contributed by atoms with E-state index < -0.39 is 31.9 Å². The molecular weight excluding hydrogens is 1600 g/mol. The summed E-state index contributed by atoms with van der Waals surface area (Å²) in [5, 5.41) is 37.5. The molecule has 17 nitrogen and oxygen atoms in total. The van der Waals surface area contributed by atoms with Gasteiger partial charge in [0.15, 0.2) is 5.78 Å². The first kappa shape index (κ1) is 97.4. The molecule has 0 aromatic rings. The molecule has 0 radical (unpaired) electrons. The quantitative estimate of drug-likeness (QED) is 0.0531. The number of aliphatic hydroxyl groups is 1. The molecular formula is C106H158CrO17. The van der Waals surface area contributed by atoms with Gasteiger partial charge in [-0.05, 0) is 355 Å². The predicted octanol–water partition coefficient (Wildman–Crippen LogP) is 24.0. The molecule has 12 unspecified atom stereocenters. The van der Waals surface area contributed by atoms with Gasteiger partial charge in [0, 0.05) is 57.3 Å². The van der Waals surface area contributed by atoms with Crippen molar-refractivity contribution in [2.45, 2.75) is 367 Å². The van der Waals surface area contributed by atoms with Crippen LogP contribution in [0.4, 0.5) is 0 Å². The zero-order valence-electron chi connectivity index (χ0n) is 79.0. The zero-order valence-corrected chi connectivity index (χ0v) is 80.3. The maximum atomic E-state index is 13.7. The molecule has 11 saturated carbocycles. The van der Waals surface area contributed by atoms with Crippen molar-refractivity contribution in [2.75, 3.05) is 0 Å². The standard InChI is InChI=1S/C28H44O.C26H38O5.C26H40O4.C26H36O4.Cr.3O/c1-18(2)19(3)7-8-20(4)24-11-12-25-23-10-9-21-17-22(29)13-15-27(21,5)26(23)14-16-28(24,25)6;1-15(5-10-24(29)30)20-8-9-21-19-7-6-17-13-18(31-16(2)27)11-12-25(17,3)22(19)14-23(28)26(20,21)4;2*1-16(5-10-24(28)29)21-8-9-22-20-7-6-18-15-19(30-17(2)27)11-13-25(18,3)23(20)12-14-26(21,22)4;;;;/h7-10,18-20,22,24-26,29H,11-17H2,1-6H3;14-15,17-21H,5-13H2,1-4H3,(H,29,30);12,16,18-22H,5-11,13-15H2,1-4H3,(H,28,29);6-7,12,16,19,21-22H,5,8-11,13-15H2,1-4H3,(H,28,29);;;;/b8-7+;;;;;;;/t19?,20-,22+,24?,25?,26?,27+,28-;15-,17+,18-,19?,20?,21?,25+,26-;16-,18+,19-,20?,21?,22?,25+,26-;16-,19-,21?,22?,25+,26-;;;;/m1111..../s1. The molecule has 30 atom stereocenters. The minimum atomic E-state index is -3.79. The van der Waals surface area contributed by atoms with E-state index >= 15 is 0 Å². The molecule has 0 aromatic heterocycles. The Bertz CT molecular complexity index is 4360. The van der Waals surface area contributed by atoms with Crippen LogP contribution < -0.4 is 0 Å². The predicted molar refractivity (Wildman–Crippen MR) is 476 cm³/mol. The number of ketones is 1. The second kappa shape index (κ2) is 38.8. The van der Waals surface area contributed by atoms with Crippen LogP contribution in [0.3, 0.4) is 0 Å². The number of carbonyl (C=O) groups is 7. The third kappa shape index (κ3) is 19.4. The van der Waals surface area contributed by atoms with E-state index in [1.807, 2.05) is 6.08 Å². The number of aliphatic carboxylic acids is 3. The van der Waals surface area contributed by atoms with Gasteiger partial charge in [0.2, 0.25) is 0 Å². The molecule has 16 aliphatic carbocycles. The molecule has 0 saturated heterocycles. The van der Waals surface area contributed by atoms with E-state index in [1.54, 1.807) is 11.1 Å². The third-order valence-corrected chi connectivity index (χ3v) is 38.5. The van der Waals surface area contributed by atoms with Gasteiger partial charge in [0.05, 0.1) is 6.10 Å². The summed E-state index contributed by atoms with van der Waals surface area (Å²) in [7, 11) is 0. The molecule has 0 aliphatic heterocycles. The number of hydrogen-bond acceptors (Lipinski definition) is 14. The molecule has 0 bridgehead atoms. The number of allylic oxidation sites excluding steroid dienone is 14. The first-order valence-electron chi connectivity index (χ1n) is 49.1. The number of carbonyl (C=O) groups excluding carboxylic acids is 4. The number of aliphatic hydroxyl groups excluding tert-OH is 1. The summed E-state index contributed by atoms with van der Waals surface area (Å²) in [6.45, 7) is 40.2. The maximum absolute atomic E-state index is 13.7. The van der Waals surface area contributed by atoms with Crippen molar-refractivity contribution in [1.82, 2.24) is 0 Å². The van der Waals surface area contributed by atoms with E-state index in [9.17, 15) is 38.7 Å². The topological polar surface area (TPSA) is 279 Å². The fraction of sp³-hybridized carbons (Fsp3) is 0.783. The van der Waals surface area contributed by atoms with Crippen molar-refractivity contribution in [1.29, 1.82) is 0 Å². The Balaban J connectivity index is 0.000000148. The number of ether oxygens (including phenoxy) is 3. The summed E-state index contributed by atoms with van der Waals surface area (Å²) in [6, 6.07) is 0. The van der Waals surface area contributed by atoms with Gasteiger partial charge in [-0.15, -0.1) is 0 Å². The normalized spacial score (nSPS) is 41.0. The summed E-state index contributed by atoms with van der Waals surface area (Å²) in [5.74, 6) is 8.67. The number of hydrogen-bond donors (Lipinski definition) is 4. The fourth-order valence-electron chi connectivity index (χ4n) is 31.3. The molecule has 0 spiro atoms. The molecule has 0 aromatic carbocycles. The SMILES string of the molecule is CC(=O)O[C@@H]1CC[C@@]2(C)C(=CC=C3C2=CC[C@@]2(C)C3CCC2[C@H](C)CCC(=O)O)C1.CC(=O)O[C@@H]1CC[C@]2(C)C3=CC(=O)[C@@]4(C)C(CCC4[C@H](C)CCC(=O)O)C3CC[C@H]2C1.CC(=O)O[C@@H]1CC[C@]2(C)C3=CC[C@@]4(C)C(CCC4[C@H](C)CCC(=O)O)C3CC[C@H]2C1.CC(C)C(C)/C=C/[C@@H](C)C1CCC2C3=CC=C4C[C@@H](O)CC[C@]4(C)C3CC[C@@]21C.[O]=[Cr](=[O])=[O]. The van der Waals surface area contributed by atoms with Crippen molar-refractivity contribution >= 4 is 41.6 Å². The molecule has 0 heterocycles. The molecule has 16 aliphatic rings. The van der Waals surface area contributed by atoms with Crippen LogP contribution in [0.5, 0.6) is 0 Å². The molecule has 0 amide bonds. The van der Waals surface area contributed by atoms with E-state index in [0.29, 0.717) is 100 Å². The molecule has 4 N–H and O–H groups in total. The molecule has 11 fully saturated rings. The van der Waals surface area contributed by atoms with Crippen molar-refractivity contribution in [3.8, 4) is 0 Å². The van der Waals surface area contributed by atoms with Crippen LogP contribution in [0, 0.1) is 156 Å². The Kier molecular flexibility index (Phi) is 30.4. The van der Waals surface area contributed by atoms with Crippen molar-refractivity contribution in [2.24, 2.45) is 156 Å². The molecule has 16 rings (SSSR count). The minimum absolute atomic E-state index is 0.0113. The Hall–Kier alpha value is -5.70. The number of esters is 3. The summed E-state index contributed by atoms with van der Waals surface area (Å²) >= 11 is -3.79. The van der Waals surface area contributed by atoms with Gasteiger partial charge in [-0.3, -0.25) is 33.6 Å². The number of carboxylic acid groups (broad SMARTS) is 3. The van der Waals surface area contributed by atoms with Crippen LogP contribution in [0.15, 0.2) is 93.7 Å². The second-order valence-corrected chi connectivity index (χ2v) is 45.9. The van der Waals surface area contributed by atoms with Crippen LogP contribution in [0.25, 0.3) is 0 Å². The zero-order chi connectivity index (χ0) is 90.5. The van der Waals surface area contributed by atoms with Gasteiger partial charge >= 0.3 is 61.2 Å². The Morgan fingerprint density at radius 2 is 0.952 bits per heavy atom. The van der Waals surface area contributed by atoms with E-state index in [-0.39, 0.29) is 99.9 Å². The average Bonchev–Trinajstić information content (AvgIpc) is 1.91. The first-order valence-corrected chi connectivity index (χ1v) is 50.6. The van der Waals surface area contributed by atoms with Gasteiger partial charge in [-0.2, -0.15) is 0 Å². The van der Waals surface area contributed by atoms with E-state index in [0.717, 1.165) is 152 Å².